The summed E-state index contributed by atoms with van der Waals surface area (Å²) in [6.45, 7) is 3.46. The molecule has 0 spiro atoms. The first kappa shape index (κ1) is 24.6. The Morgan fingerprint density at radius 1 is 0.897 bits per heavy atom. The fourth-order valence-electron chi connectivity index (χ4n) is 3.20. The van der Waals surface area contributed by atoms with E-state index in [1.54, 1.807) is 12.1 Å². The maximum absolute atomic E-state index is 12.4. The third-order valence-electron chi connectivity index (χ3n) is 4.76. The van der Waals surface area contributed by atoms with Gasteiger partial charge in [-0.15, -0.1) is 24.8 Å². The van der Waals surface area contributed by atoms with Crippen LogP contribution in [0.5, 0.6) is 0 Å². The number of benzene rings is 2. The number of hydrogen-bond acceptors (Lipinski definition) is 4. The summed E-state index contributed by atoms with van der Waals surface area (Å²) >= 11 is 0. The minimum Gasteiger partial charge on any atom is -0.399 e. The zero-order valence-corrected chi connectivity index (χ0v) is 17.9. The molecule has 2 aromatic carbocycles. The molecule has 0 aliphatic carbocycles. The molecule has 0 atom stereocenters. The Balaban J connectivity index is 0.00000210. The normalized spacial score (nSPS) is 13.1. The molecule has 158 valence electrons. The summed E-state index contributed by atoms with van der Waals surface area (Å²) in [6.07, 6.45) is 0.628. The van der Waals surface area contributed by atoms with E-state index in [1.165, 1.54) is 5.69 Å². The van der Waals surface area contributed by atoms with E-state index in [0.29, 0.717) is 38.2 Å². The number of anilines is 2. The Kier molecular flexibility index (Phi) is 10.3. The Hall–Kier alpha value is -2.44. The Morgan fingerprint density at radius 2 is 1.52 bits per heavy atom. The van der Waals surface area contributed by atoms with Crippen molar-refractivity contribution < 1.29 is 9.59 Å². The molecule has 29 heavy (non-hydrogen) atoms. The number of carbonyl (C=O) groups is 2. The molecule has 8 heteroatoms. The predicted molar refractivity (Wildman–Crippen MR) is 122 cm³/mol. The molecular formula is C21H28Cl2N4O2. The average molecular weight is 439 g/mol. The lowest BCUT2D eigenvalue weighted by molar-refractivity contribution is -0.131. The van der Waals surface area contributed by atoms with E-state index in [-0.39, 0.29) is 36.6 Å². The summed E-state index contributed by atoms with van der Waals surface area (Å²) in [5, 5.41) is 2.82. The maximum atomic E-state index is 12.4. The summed E-state index contributed by atoms with van der Waals surface area (Å²) in [5.74, 6) is 0.0111. The lowest BCUT2D eigenvalue weighted by Gasteiger charge is -2.36. The Bertz CT molecular complexity index is 764. The van der Waals surface area contributed by atoms with Crippen LogP contribution in [-0.2, 0) is 16.0 Å². The molecule has 3 rings (SSSR count). The summed E-state index contributed by atoms with van der Waals surface area (Å²) in [6, 6.07) is 17.5. The van der Waals surface area contributed by atoms with Crippen LogP contribution >= 0.6 is 24.8 Å². The van der Waals surface area contributed by atoms with Gasteiger partial charge in [-0.05, 0) is 29.8 Å². The Morgan fingerprint density at radius 3 is 2.14 bits per heavy atom. The molecule has 1 heterocycles. The van der Waals surface area contributed by atoms with Crippen LogP contribution in [0.4, 0.5) is 11.4 Å². The largest absolute Gasteiger partial charge is 0.399 e. The highest BCUT2D eigenvalue weighted by Crippen LogP contribution is 2.15. The topological polar surface area (TPSA) is 78.7 Å². The van der Waals surface area contributed by atoms with Crippen molar-refractivity contribution in [3.8, 4) is 0 Å². The van der Waals surface area contributed by atoms with Crippen molar-refractivity contribution >= 4 is 48.0 Å². The van der Waals surface area contributed by atoms with Gasteiger partial charge in [0.2, 0.25) is 11.8 Å². The number of hydrogen-bond donors (Lipinski definition) is 2. The van der Waals surface area contributed by atoms with Crippen molar-refractivity contribution in [3.63, 3.8) is 0 Å². The zero-order valence-electron chi connectivity index (χ0n) is 16.3. The molecule has 1 fully saturated rings. The van der Waals surface area contributed by atoms with Crippen molar-refractivity contribution in [1.82, 2.24) is 10.2 Å². The third kappa shape index (κ3) is 7.48. The van der Waals surface area contributed by atoms with Gasteiger partial charge in [0.25, 0.3) is 0 Å². The van der Waals surface area contributed by atoms with Gasteiger partial charge in [0.1, 0.15) is 0 Å². The number of nitrogen functional groups attached to an aromatic ring is 1. The number of para-hydroxylation sites is 1. The van der Waals surface area contributed by atoms with Crippen LogP contribution < -0.4 is 16.0 Å². The van der Waals surface area contributed by atoms with Gasteiger partial charge in [0, 0.05) is 50.5 Å². The second-order valence-corrected chi connectivity index (χ2v) is 6.72. The van der Waals surface area contributed by atoms with E-state index < -0.39 is 0 Å². The molecule has 0 bridgehead atoms. The molecule has 6 nitrogen and oxygen atoms in total. The third-order valence-corrected chi connectivity index (χ3v) is 4.76. The maximum Gasteiger partial charge on any atom is 0.224 e. The van der Waals surface area contributed by atoms with Crippen molar-refractivity contribution in [3.05, 3.63) is 60.2 Å². The quantitative estimate of drug-likeness (QED) is 0.679. The van der Waals surface area contributed by atoms with E-state index in [9.17, 15) is 9.59 Å². The van der Waals surface area contributed by atoms with Crippen LogP contribution in [0.25, 0.3) is 0 Å². The number of amides is 2. The number of piperazine rings is 1. The lowest BCUT2D eigenvalue weighted by Crippen LogP contribution is -2.49. The molecule has 3 N–H and O–H groups in total. The number of halogens is 2. The average Bonchev–Trinajstić information content (AvgIpc) is 2.70. The van der Waals surface area contributed by atoms with Gasteiger partial charge in [-0.25, -0.2) is 0 Å². The minimum atomic E-state index is -0.0820. The number of nitrogens with two attached hydrogens (primary N) is 1. The first-order valence-electron chi connectivity index (χ1n) is 9.31. The second kappa shape index (κ2) is 12.2. The first-order valence-corrected chi connectivity index (χ1v) is 9.31. The number of carbonyl (C=O) groups excluding carboxylic acids is 2. The van der Waals surface area contributed by atoms with Gasteiger partial charge in [-0.2, -0.15) is 0 Å². The van der Waals surface area contributed by atoms with Gasteiger partial charge in [0.05, 0.1) is 6.42 Å². The Labute approximate surface area is 184 Å². The fraction of sp³-hybridized carbons (Fsp3) is 0.333. The monoisotopic (exact) mass is 438 g/mol. The van der Waals surface area contributed by atoms with Crippen molar-refractivity contribution in [2.45, 2.75) is 12.8 Å². The summed E-state index contributed by atoms with van der Waals surface area (Å²) < 4.78 is 0. The van der Waals surface area contributed by atoms with Crippen molar-refractivity contribution in [2.75, 3.05) is 43.4 Å². The van der Waals surface area contributed by atoms with E-state index >= 15 is 0 Å². The van der Waals surface area contributed by atoms with Crippen LogP contribution in [0.1, 0.15) is 12.0 Å². The highest BCUT2D eigenvalue weighted by atomic mass is 35.5. The number of nitrogens with one attached hydrogen (secondary N) is 1. The molecule has 1 aliphatic rings. The van der Waals surface area contributed by atoms with Gasteiger partial charge >= 0.3 is 0 Å². The molecule has 0 aromatic heterocycles. The standard InChI is InChI=1S/C21H26N4O2.2ClH/c22-18-8-6-17(7-9-18)16-20(26)23-11-10-21(27)25-14-12-24(13-15-25)19-4-2-1-3-5-19;;/h1-9H,10-16,22H2,(H,23,26);2*1H. The van der Waals surface area contributed by atoms with Crippen LogP contribution in [-0.4, -0.2) is 49.4 Å². The molecule has 2 amide bonds. The van der Waals surface area contributed by atoms with Crippen LogP contribution in [0.3, 0.4) is 0 Å². The fourth-order valence-corrected chi connectivity index (χ4v) is 3.20. The summed E-state index contributed by atoms with van der Waals surface area (Å²) in [5.41, 5.74) is 8.42. The highest BCUT2D eigenvalue weighted by Gasteiger charge is 2.20. The van der Waals surface area contributed by atoms with Gasteiger partial charge < -0.3 is 20.9 Å². The van der Waals surface area contributed by atoms with E-state index in [0.717, 1.165) is 18.7 Å². The lowest BCUT2D eigenvalue weighted by atomic mass is 10.1. The molecule has 0 unspecified atom stereocenters. The van der Waals surface area contributed by atoms with Crippen LogP contribution in [0, 0.1) is 0 Å². The van der Waals surface area contributed by atoms with E-state index in [1.807, 2.05) is 35.2 Å². The summed E-state index contributed by atoms with van der Waals surface area (Å²) in [4.78, 5) is 28.5. The molecular weight excluding hydrogens is 411 g/mol. The van der Waals surface area contributed by atoms with E-state index in [4.69, 9.17) is 5.73 Å². The smallest absolute Gasteiger partial charge is 0.224 e. The zero-order chi connectivity index (χ0) is 19.1. The number of nitrogens with zero attached hydrogens (tertiary/aromatic N) is 2. The van der Waals surface area contributed by atoms with Gasteiger partial charge in [-0.1, -0.05) is 30.3 Å². The highest BCUT2D eigenvalue weighted by molar-refractivity contribution is 5.85. The first-order chi connectivity index (χ1) is 13.1. The summed E-state index contributed by atoms with van der Waals surface area (Å²) in [7, 11) is 0. The molecule has 1 saturated heterocycles. The van der Waals surface area contributed by atoms with E-state index in [2.05, 4.69) is 22.3 Å². The molecule has 0 saturated carbocycles. The molecule has 2 aromatic rings. The van der Waals surface area contributed by atoms with Crippen LogP contribution in [0.2, 0.25) is 0 Å². The van der Waals surface area contributed by atoms with Gasteiger partial charge in [0.15, 0.2) is 0 Å². The molecule has 0 radical (unpaired) electrons. The second-order valence-electron chi connectivity index (χ2n) is 6.72. The minimum absolute atomic E-state index is 0. The molecule has 1 aliphatic heterocycles. The predicted octanol–water partition coefficient (Wildman–Crippen LogP) is 2.51. The van der Waals surface area contributed by atoms with Crippen molar-refractivity contribution in [1.29, 1.82) is 0 Å². The van der Waals surface area contributed by atoms with Crippen LogP contribution in [0.15, 0.2) is 54.6 Å². The van der Waals surface area contributed by atoms with Gasteiger partial charge in [-0.3, -0.25) is 9.59 Å². The SMILES string of the molecule is Cl.Cl.Nc1ccc(CC(=O)NCCC(=O)N2CCN(c3ccccc3)CC2)cc1. The number of rotatable bonds is 6. The van der Waals surface area contributed by atoms with Crippen molar-refractivity contribution in [2.24, 2.45) is 0 Å².